The van der Waals surface area contributed by atoms with E-state index in [-0.39, 0.29) is 5.56 Å². The quantitative estimate of drug-likeness (QED) is 0.859. The highest BCUT2D eigenvalue weighted by atomic mass is 16.3. The minimum atomic E-state index is -0.680. The third kappa shape index (κ3) is 4.28. The average Bonchev–Trinajstić information content (AvgIpc) is 2.41. The van der Waals surface area contributed by atoms with Gasteiger partial charge in [0, 0.05) is 51.7 Å². The molecule has 21 heavy (non-hydrogen) atoms. The molecule has 2 heterocycles. The minimum absolute atomic E-state index is 0.00436. The smallest absolute Gasteiger partial charge is 0.293 e. The minimum Gasteiger partial charge on any atom is -0.389 e. The Bertz CT molecular complexity index is 513. The van der Waals surface area contributed by atoms with E-state index in [4.69, 9.17) is 0 Å². The lowest BCUT2D eigenvalue weighted by atomic mass is 10.1. The first-order chi connectivity index (χ1) is 9.90. The third-order valence-electron chi connectivity index (χ3n) is 3.64. The van der Waals surface area contributed by atoms with Crippen LogP contribution >= 0.6 is 0 Å². The number of nitrogens with zero attached hydrogens (tertiary/aromatic N) is 4. The Morgan fingerprint density at radius 3 is 2.52 bits per heavy atom. The maximum Gasteiger partial charge on any atom is 0.293 e. The van der Waals surface area contributed by atoms with Crippen LogP contribution in [0.3, 0.4) is 0 Å². The van der Waals surface area contributed by atoms with Gasteiger partial charge in [-0.1, -0.05) is 6.92 Å². The van der Waals surface area contributed by atoms with Gasteiger partial charge >= 0.3 is 0 Å². The summed E-state index contributed by atoms with van der Waals surface area (Å²) in [5, 5.41) is 9.87. The van der Waals surface area contributed by atoms with Gasteiger partial charge in [-0.05, 0) is 20.3 Å². The Morgan fingerprint density at radius 1 is 1.29 bits per heavy atom. The molecule has 0 atom stereocenters. The predicted octanol–water partition coefficient (Wildman–Crippen LogP) is 0.546. The summed E-state index contributed by atoms with van der Waals surface area (Å²) in [6.07, 6.45) is 4.39. The largest absolute Gasteiger partial charge is 0.389 e. The van der Waals surface area contributed by atoms with Crippen LogP contribution in [-0.2, 0) is 6.54 Å². The summed E-state index contributed by atoms with van der Waals surface area (Å²) in [6, 6.07) is 0. The molecule has 2 rings (SSSR count). The Hall–Kier alpha value is -1.40. The van der Waals surface area contributed by atoms with Crippen molar-refractivity contribution in [2.24, 2.45) is 0 Å². The van der Waals surface area contributed by atoms with Crippen LogP contribution in [0.2, 0.25) is 0 Å². The molecule has 1 aromatic heterocycles. The highest BCUT2D eigenvalue weighted by Gasteiger charge is 2.24. The van der Waals surface area contributed by atoms with Crippen LogP contribution in [0.4, 0.5) is 5.82 Å². The summed E-state index contributed by atoms with van der Waals surface area (Å²) >= 11 is 0. The first kappa shape index (κ1) is 16.0. The van der Waals surface area contributed by atoms with E-state index in [0.717, 1.165) is 39.1 Å². The average molecular weight is 294 g/mol. The van der Waals surface area contributed by atoms with Crippen LogP contribution < -0.4 is 10.5 Å². The van der Waals surface area contributed by atoms with E-state index < -0.39 is 5.60 Å². The number of aryl methyl sites for hydroxylation is 1. The number of rotatable bonds is 5. The lowest BCUT2D eigenvalue weighted by Crippen LogP contribution is -2.51. The summed E-state index contributed by atoms with van der Waals surface area (Å²) < 4.78 is 1.73. The monoisotopic (exact) mass is 294 g/mol. The van der Waals surface area contributed by atoms with E-state index in [9.17, 15) is 9.90 Å². The lowest BCUT2D eigenvalue weighted by Gasteiger charge is -2.37. The lowest BCUT2D eigenvalue weighted by molar-refractivity contribution is 0.0344. The Labute approximate surface area is 126 Å². The normalized spacial score (nSPS) is 17.2. The molecule has 1 N–H and O–H groups in total. The number of β-amino-alcohol motifs (C(OH)–C–C–N with tert-alkyl or cyclic N) is 1. The summed E-state index contributed by atoms with van der Waals surface area (Å²) in [4.78, 5) is 20.9. The SMILES string of the molecule is CCCn1ccnc(N2CCN(CC(C)(C)O)CC2)c1=O. The maximum absolute atomic E-state index is 12.4. The topological polar surface area (TPSA) is 61.6 Å². The third-order valence-corrected chi connectivity index (χ3v) is 3.64. The van der Waals surface area contributed by atoms with Crippen molar-refractivity contribution in [1.29, 1.82) is 0 Å². The standard InChI is InChI=1S/C15H26N4O2/c1-4-6-19-7-5-16-13(14(19)20)18-10-8-17(9-11-18)12-15(2,3)21/h5,7,21H,4,6,8-12H2,1-3H3. The molecule has 0 aromatic carbocycles. The summed E-state index contributed by atoms with van der Waals surface area (Å²) in [5.74, 6) is 0.550. The van der Waals surface area contributed by atoms with Crippen molar-refractivity contribution in [2.75, 3.05) is 37.6 Å². The van der Waals surface area contributed by atoms with E-state index in [1.807, 2.05) is 13.8 Å². The number of anilines is 1. The predicted molar refractivity (Wildman–Crippen MR) is 83.7 cm³/mol. The van der Waals surface area contributed by atoms with Gasteiger partial charge < -0.3 is 14.6 Å². The number of aliphatic hydroxyl groups is 1. The molecule has 1 aliphatic heterocycles. The van der Waals surface area contributed by atoms with Crippen molar-refractivity contribution in [3.63, 3.8) is 0 Å². The molecule has 1 fully saturated rings. The van der Waals surface area contributed by atoms with E-state index in [2.05, 4.69) is 21.7 Å². The second kappa shape index (κ2) is 6.58. The van der Waals surface area contributed by atoms with Gasteiger partial charge in [-0.15, -0.1) is 0 Å². The fraction of sp³-hybridized carbons (Fsp3) is 0.733. The molecule has 0 unspecified atom stereocenters. The van der Waals surface area contributed by atoms with E-state index in [1.54, 1.807) is 17.0 Å². The Morgan fingerprint density at radius 2 is 1.95 bits per heavy atom. The molecular weight excluding hydrogens is 268 g/mol. The van der Waals surface area contributed by atoms with Crippen LogP contribution in [0, 0.1) is 0 Å². The summed E-state index contributed by atoms with van der Waals surface area (Å²) in [7, 11) is 0. The fourth-order valence-corrected chi connectivity index (χ4v) is 2.73. The van der Waals surface area contributed by atoms with Gasteiger partial charge in [0.15, 0.2) is 5.82 Å². The van der Waals surface area contributed by atoms with Crippen molar-refractivity contribution in [1.82, 2.24) is 14.5 Å². The second-order valence-electron chi connectivity index (χ2n) is 6.33. The van der Waals surface area contributed by atoms with Crippen LogP contribution in [0.25, 0.3) is 0 Å². The molecule has 0 aliphatic carbocycles. The van der Waals surface area contributed by atoms with Gasteiger partial charge in [0.2, 0.25) is 0 Å². The first-order valence-electron chi connectivity index (χ1n) is 7.66. The zero-order valence-corrected chi connectivity index (χ0v) is 13.2. The molecule has 0 radical (unpaired) electrons. The van der Waals surface area contributed by atoms with Gasteiger partial charge in [0.25, 0.3) is 5.56 Å². The fourth-order valence-electron chi connectivity index (χ4n) is 2.73. The van der Waals surface area contributed by atoms with E-state index in [1.165, 1.54) is 0 Å². The molecule has 0 bridgehead atoms. The van der Waals surface area contributed by atoms with E-state index in [0.29, 0.717) is 12.4 Å². The number of hydrogen-bond acceptors (Lipinski definition) is 5. The number of aromatic nitrogens is 2. The molecule has 1 aromatic rings. The molecule has 1 aliphatic rings. The molecule has 118 valence electrons. The number of piperazine rings is 1. The Balaban J connectivity index is 2.03. The van der Waals surface area contributed by atoms with Gasteiger partial charge in [0.1, 0.15) is 0 Å². The van der Waals surface area contributed by atoms with Crippen molar-refractivity contribution in [2.45, 2.75) is 39.3 Å². The van der Waals surface area contributed by atoms with Gasteiger partial charge in [-0.25, -0.2) is 4.98 Å². The highest BCUT2D eigenvalue weighted by Crippen LogP contribution is 2.12. The molecule has 0 spiro atoms. The first-order valence-corrected chi connectivity index (χ1v) is 7.66. The van der Waals surface area contributed by atoms with Crippen LogP contribution in [0.5, 0.6) is 0 Å². The van der Waals surface area contributed by atoms with E-state index >= 15 is 0 Å². The highest BCUT2D eigenvalue weighted by molar-refractivity contribution is 5.36. The number of hydrogen-bond donors (Lipinski definition) is 1. The van der Waals surface area contributed by atoms with Gasteiger partial charge in [-0.2, -0.15) is 0 Å². The zero-order valence-electron chi connectivity index (χ0n) is 13.2. The Kier molecular flexibility index (Phi) is 5.00. The zero-order chi connectivity index (χ0) is 15.5. The van der Waals surface area contributed by atoms with Crippen molar-refractivity contribution >= 4 is 5.82 Å². The van der Waals surface area contributed by atoms with Crippen molar-refractivity contribution < 1.29 is 5.11 Å². The van der Waals surface area contributed by atoms with Gasteiger partial charge in [0.05, 0.1) is 5.60 Å². The molecule has 0 amide bonds. The summed E-state index contributed by atoms with van der Waals surface area (Å²) in [6.45, 7) is 10.3. The van der Waals surface area contributed by atoms with Crippen LogP contribution in [0.1, 0.15) is 27.2 Å². The molecule has 6 nitrogen and oxygen atoms in total. The molecule has 0 saturated carbocycles. The van der Waals surface area contributed by atoms with Crippen LogP contribution in [0.15, 0.2) is 17.2 Å². The maximum atomic E-state index is 12.4. The molecule has 6 heteroatoms. The van der Waals surface area contributed by atoms with Gasteiger partial charge in [-0.3, -0.25) is 9.69 Å². The van der Waals surface area contributed by atoms with Crippen molar-refractivity contribution in [3.8, 4) is 0 Å². The second-order valence-corrected chi connectivity index (χ2v) is 6.33. The van der Waals surface area contributed by atoms with Crippen molar-refractivity contribution in [3.05, 3.63) is 22.7 Å². The van der Waals surface area contributed by atoms with Crippen LogP contribution in [-0.4, -0.2) is 57.9 Å². The summed E-state index contributed by atoms with van der Waals surface area (Å²) in [5.41, 5.74) is -0.684. The molecular formula is C15H26N4O2. The molecule has 1 saturated heterocycles.